The molecule has 0 aromatic heterocycles. The first-order chi connectivity index (χ1) is 11.0. The summed E-state index contributed by atoms with van der Waals surface area (Å²) in [4.78, 5) is 26.1. The monoisotopic (exact) mass is 335 g/mol. The summed E-state index contributed by atoms with van der Waals surface area (Å²) in [5.41, 5.74) is 1.10. The summed E-state index contributed by atoms with van der Waals surface area (Å²) in [5.74, 6) is 0.902. The molecule has 0 heterocycles. The summed E-state index contributed by atoms with van der Waals surface area (Å²) in [5, 5.41) is 0.710. The van der Waals surface area contributed by atoms with Crippen molar-refractivity contribution in [3.63, 3.8) is 0 Å². The summed E-state index contributed by atoms with van der Waals surface area (Å²) in [6.07, 6.45) is 4.49. The Morgan fingerprint density at radius 3 is 2.43 bits per heavy atom. The highest BCUT2D eigenvalue weighted by Gasteiger charge is 2.25. The van der Waals surface area contributed by atoms with E-state index in [1.807, 2.05) is 29.2 Å². The van der Waals surface area contributed by atoms with Crippen molar-refractivity contribution in [1.82, 2.24) is 4.90 Å². The predicted octanol–water partition coefficient (Wildman–Crippen LogP) is 4.62. The van der Waals surface area contributed by atoms with Gasteiger partial charge in [-0.1, -0.05) is 30.7 Å². The maximum atomic E-state index is 12.8. The second-order valence-electron chi connectivity index (χ2n) is 6.59. The molecule has 1 aromatic rings. The van der Waals surface area contributed by atoms with E-state index in [0.29, 0.717) is 42.5 Å². The predicted molar refractivity (Wildman–Crippen MR) is 93.3 cm³/mol. The van der Waals surface area contributed by atoms with Crippen molar-refractivity contribution >= 4 is 23.3 Å². The molecular weight excluding hydrogens is 310 g/mol. The van der Waals surface area contributed by atoms with Crippen LogP contribution in [0, 0.1) is 5.92 Å². The minimum absolute atomic E-state index is 0.202. The van der Waals surface area contributed by atoms with Crippen molar-refractivity contribution in [2.24, 2.45) is 5.92 Å². The number of benzene rings is 1. The lowest BCUT2D eigenvalue weighted by atomic mass is 9.86. The number of hydrogen-bond donors (Lipinski definition) is 0. The highest BCUT2D eigenvalue weighted by Crippen LogP contribution is 2.26. The molecule has 1 aromatic carbocycles. The van der Waals surface area contributed by atoms with E-state index in [1.165, 1.54) is 0 Å². The van der Waals surface area contributed by atoms with Gasteiger partial charge in [0, 0.05) is 36.9 Å². The summed E-state index contributed by atoms with van der Waals surface area (Å²) >= 11 is 5.93. The molecule has 0 aliphatic heterocycles. The van der Waals surface area contributed by atoms with Gasteiger partial charge in [0.2, 0.25) is 5.91 Å². The smallest absolute Gasteiger partial charge is 0.223 e. The lowest BCUT2D eigenvalue weighted by Crippen LogP contribution is -2.39. The Morgan fingerprint density at radius 1 is 1.26 bits per heavy atom. The normalized spacial score (nSPS) is 17.1. The van der Waals surface area contributed by atoms with Crippen LogP contribution in [0.25, 0.3) is 0 Å². The number of hydrogen-bond acceptors (Lipinski definition) is 2. The zero-order valence-corrected chi connectivity index (χ0v) is 14.8. The molecule has 3 nitrogen and oxygen atoms in total. The van der Waals surface area contributed by atoms with Crippen LogP contribution in [0.2, 0.25) is 5.02 Å². The van der Waals surface area contributed by atoms with Gasteiger partial charge < -0.3 is 4.90 Å². The van der Waals surface area contributed by atoms with E-state index in [-0.39, 0.29) is 11.9 Å². The number of carbonyl (C=O) groups is 2. The fourth-order valence-electron chi connectivity index (χ4n) is 3.06. The topological polar surface area (TPSA) is 37.4 Å². The molecule has 0 spiro atoms. The van der Waals surface area contributed by atoms with Gasteiger partial charge in [0.05, 0.1) is 0 Å². The van der Waals surface area contributed by atoms with Crippen LogP contribution in [0.3, 0.4) is 0 Å². The van der Waals surface area contributed by atoms with Crippen LogP contribution in [-0.2, 0) is 16.1 Å². The van der Waals surface area contributed by atoms with E-state index in [9.17, 15) is 9.59 Å². The van der Waals surface area contributed by atoms with E-state index in [2.05, 4.69) is 13.8 Å². The molecule has 0 bridgehead atoms. The van der Waals surface area contributed by atoms with Gasteiger partial charge in [-0.3, -0.25) is 9.59 Å². The Kier molecular flexibility index (Phi) is 6.64. The molecule has 1 unspecified atom stereocenters. The van der Waals surface area contributed by atoms with E-state index >= 15 is 0 Å². The number of ketones is 1. The molecule has 4 heteroatoms. The van der Waals surface area contributed by atoms with Gasteiger partial charge >= 0.3 is 0 Å². The number of Topliss-reactive ketones (excluding diaryl/α,β-unsaturated/α-hetero) is 1. The van der Waals surface area contributed by atoms with Crippen molar-refractivity contribution < 1.29 is 9.59 Å². The molecule has 2 rings (SSSR count). The number of nitrogens with zero attached hydrogens (tertiary/aromatic N) is 1. The van der Waals surface area contributed by atoms with Crippen LogP contribution in [0.5, 0.6) is 0 Å². The third kappa shape index (κ3) is 5.35. The molecule has 1 aliphatic rings. The first-order valence-corrected chi connectivity index (χ1v) is 8.93. The van der Waals surface area contributed by atoms with Gasteiger partial charge in [-0.15, -0.1) is 0 Å². The molecule has 1 saturated carbocycles. The Bertz CT molecular complexity index is 531. The summed E-state index contributed by atoms with van der Waals surface area (Å²) < 4.78 is 0. The van der Waals surface area contributed by atoms with E-state index in [0.717, 1.165) is 24.8 Å². The lowest BCUT2D eigenvalue weighted by Gasteiger charge is -2.31. The fraction of sp³-hybridized carbons (Fsp3) is 0.579. The first-order valence-electron chi connectivity index (χ1n) is 8.55. The fourth-order valence-corrected chi connectivity index (χ4v) is 3.19. The molecule has 23 heavy (non-hydrogen) atoms. The van der Waals surface area contributed by atoms with Crippen molar-refractivity contribution in [2.45, 2.75) is 65.0 Å². The zero-order valence-electron chi connectivity index (χ0n) is 14.1. The van der Waals surface area contributed by atoms with E-state index < -0.39 is 0 Å². The van der Waals surface area contributed by atoms with Gasteiger partial charge in [0.25, 0.3) is 0 Å². The molecule has 0 radical (unpaired) electrons. The summed E-state index contributed by atoms with van der Waals surface area (Å²) in [7, 11) is 0. The second-order valence-corrected chi connectivity index (χ2v) is 7.03. The van der Waals surface area contributed by atoms with Crippen molar-refractivity contribution in [3.8, 4) is 0 Å². The minimum Gasteiger partial charge on any atom is -0.336 e. The Hall–Kier alpha value is -1.35. The average Bonchev–Trinajstić information content (AvgIpc) is 2.55. The molecule has 0 saturated heterocycles. The number of amides is 1. The molecular formula is C19H26ClNO2. The molecule has 1 amide bonds. The van der Waals surface area contributed by atoms with Gasteiger partial charge in [-0.25, -0.2) is 0 Å². The van der Waals surface area contributed by atoms with Crippen LogP contribution in [-0.4, -0.2) is 22.6 Å². The lowest BCUT2D eigenvalue weighted by molar-refractivity contribution is -0.136. The maximum absolute atomic E-state index is 12.8. The largest absolute Gasteiger partial charge is 0.336 e. The first kappa shape index (κ1) is 18.0. The van der Waals surface area contributed by atoms with Crippen molar-refractivity contribution in [1.29, 1.82) is 0 Å². The summed E-state index contributed by atoms with van der Waals surface area (Å²) in [6, 6.07) is 7.89. The summed E-state index contributed by atoms with van der Waals surface area (Å²) in [6.45, 7) is 4.82. The quantitative estimate of drug-likeness (QED) is 0.760. The van der Waals surface area contributed by atoms with Gasteiger partial charge in [-0.2, -0.15) is 0 Å². The van der Waals surface area contributed by atoms with Crippen LogP contribution in [0.4, 0.5) is 0 Å². The average molecular weight is 336 g/mol. The van der Waals surface area contributed by atoms with E-state index in [1.54, 1.807) is 0 Å². The SMILES string of the molecule is CCC(C)N(Cc1ccc(Cl)cc1)C(=O)CC1CCC(=O)CC1. The van der Waals surface area contributed by atoms with Crippen LogP contribution < -0.4 is 0 Å². The third-order valence-electron chi connectivity index (χ3n) is 4.84. The zero-order chi connectivity index (χ0) is 16.8. The number of halogens is 1. The minimum atomic E-state index is 0.202. The molecule has 1 fully saturated rings. The molecule has 1 atom stereocenters. The molecule has 126 valence electrons. The molecule has 0 N–H and O–H groups in total. The number of rotatable bonds is 6. The Balaban J connectivity index is 2.00. The van der Waals surface area contributed by atoms with Crippen LogP contribution >= 0.6 is 11.6 Å². The highest BCUT2D eigenvalue weighted by atomic mass is 35.5. The van der Waals surface area contributed by atoms with Gasteiger partial charge in [0.1, 0.15) is 5.78 Å². The van der Waals surface area contributed by atoms with Crippen molar-refractivity contribution in [3.05, 3.63) is 34.9 Å². The number of carbonyl (C=O) groups excluding carboxylic acids is 2. The molecule has 1 aliphatic carbocycles. The maximum Gasteiger partial charge on any atom is 0.223 e. The third-order valence-corrected chi connectivity index (χ3v) is 5.09. The second kappa shape index (κ2) is 8.49. The highest BCUT2D eigenvalue weighted by molar-refractivity contribution is 6.30. The van der Waals surface area contributed by atoms with Crippen LogP contribution in [0.15, 0.2) is 24.3 Å². The van der Waals surface area contributed by atoms with E-state index in [4.69, 9.17) is 11.6 Å². The van der Waals surface area contributed by atoms with Crippen LogP contribution in [0.1, 0.15) is 57.9 Å². The van der Waals surface area contributed by atoms with Crippen molar-refractivity contribution in [2.75, 3.05) is 0 Å². The van der Waals surface area contributed by atoms with Gasteiger partial charge in [-0.05, 0) is 49.8 Å². The van der Waals surface area contributed by atoms with Gasteiger partial charge in [0.15, 0.2) is 0 Å². The standard InChI is InChI=1S/C19H26ClNO2/c1-3-14(2)21(13-16-4-8-17(20)9-5-16)19(23)12-15-6-10-18(22)11-7-15/h4-5,8-9,14-15H,3,6-7,10-13H2,1-2H3. The Morgan fingerprint density at radius 2 is 1.87 bits per heavy atom. The Labute approximate surface area is 144 Å².